The quantitative estimate of drug-likeness (QED) is 0.228. The summed E-state index contributed by atoms with van der Waals surface area (Å²) in [6.45, 7) is 22.6. The molecule has 0 spiro atoms. The molecule has 0 aromatic heterocycles. The van der Waals surface area contributed by atoms with Gasteiger partial charge in [0, 0.05) is 17.4 Å². The lowest BCUT2D eigenvalue weighted by atomic mass is 9.67. The highest BCUT2D eigenvalue weighted by Crippen LogP contribution is 2.57. The van der Waals surface area contributed by atoms with E-state index in [1.165, 1.54) is 0 Å². The van der Waals surface area contributed by atoms with E-state index in [2.05, 4.69) is 67.7 Å². The van der Waals surface area contributed by atoms with Gasteiger partial charge in [0.25, 0.3) is 16.6 Å². The number of rotatable bonds is 7. The van der Waals surface area contributed by atoms with E-state index in [1.54, 1.807) is 14.2 Å². The van der Waals surface area contributed by atoms with Crippen molar-refractivity contribution in [1.82, 2.24) is 0 Å². The molecular formula is C33H48O8Si2. The summed E-state index contributed by atoms with van der Waals surface area (Å²) >= 11 is 0. The van der Waals surface area contributed by atoms with Gasteiger partial charge < -0.3 is 32.5 Å². The second kappa shape index (κ2) is 10.6. The number of esters is 1. The Hall–Kier alpha value is -2.86. The SMILES string of the molecule is COc1cc([C@@H]2c3cc4c(c(O[Si](C)(C)C(C)(C)C)c3C[C@H]3COC(=O)[C@@H]32)OCO4)cc(OC)c1O[Si](C)(C)C(C)(C)C. The summed E-state index contributed by atoms with van der Waals surface area (Å²) in [4.78, 5) is 13.4. The van der Waals surface area contributed by atoms with E-state index in [4.69, 9.17) is 32.5 Å². The first-order valence-electron chi connectivity index (χ1n) is 15.2. The standard InChI is InChI=1S/C33H48O8Si2/c1-32(2,3)42(9,10)40-28-22-13-20-17-37-31(34)27(20)26(21(22)16-25-30(28)39-18-38-25)19-14-23(35-7)29(24(15-19)36-8)41-43(11,12)33(4,5)6/h14-16,20,26-27H,13,17-18H2,1-12H3/t20-,26+,27-/m0/s1. The zero-order chi connectivity index (χ0) is 31.7. The van der Waals surface area contributed by atoms with Crippen LogP contribution in [-0.2, 0) is 16.0 Å². The van der Waals surface area contributed by atoms with Crippen molar-refractivity contribution in [3.05, 3.63) is 34.9 Å². The van der Waals surface area contributed by atoms with Crippen LogP contribution in [0.2, 0.25) is 36.3 Å². The predicted octanol–water partition coefficient (Wildman–Crippen LogP) is 7.68. The minimum Gasteiger partial charge on any atom is -0.541 e. The Kier molecular flexibility index (Phi) is 7.81. The number of benzene rings is 2. The van der Waals surface area contributed by atoms with Crippen LogP contribution in [0.4, 0.5) is 0 Å². The van der Waals surface area contributed by atoms with Crippen LogP contribution in [0.1, 0.15) is 64.2 Å². The van der Waals surface area contributed by atoms with Crippen molar-refractivity contribution >= 4 is 22.6 Å². The van der Waals surface area contributed by atoms with Crippen LogP contribution in [0.15, 0.2) is 18.2 Å². The topological polar surface area (TPSA) is 81.7 Å². The summed E-state index contributed by atoms with van der Waals surface area (Å²) < 4.78 is 43.3. The van der Waals surface area contributed by atoms with E-state index < -0.39 is 16.6 Å². The number of carbonyl (C=O) groups excluding carboxylic acids is 1. The average Bonchev–Trinajstić information content (AvgIpc) is 3.52. The fourth-order valence-corrected chi connectivity index (χ4v) is 7.73. The molecular weight excluding hydrogens is 581 g/mol. The van der Waals surface area contributed by atoms with Crippen LogP contribution in [-0.4, -0.2) is 50.2 Å². The molecule has 0 saturated carbocycles. The summed E-state index contributed by atoms with van der Waals surface area (Å²) in [5.74, 6) is 2.89. The van der Waals surface area contributed by atoms with Gasteiger partial charge in [0.1, 0.15) is 0 Å². The first-order valence-corrected chi connectivity index (χ1v) is 21.0. The Morgan fingerprint density at radius 2 is 1.35 bits per heavy atom. The maximum Gasteiger partial charge on any atom is 0.310 e. The van der Waals surface area contributed by atoms with E-state index in [0.29, 0.717) is 41.8 Å². The molecule has 1 fully saturated rings. The van der Waals surface area contributed by atoms with Crippen molar-refractivity contribution in [3.63, 3.8) is 0 Å². The normalized spacial score (nSPS) is 21.6. The zero-order valence-corrected chi connectivity index (χ0v) is 29.9. The molecule has 0 N–H and O–H groups in total. The molecule has 236 valence electrons. The highest BCUT2D eigenvalue weighted by Gasteiger charge is 2.51. The average molecular weight is 629 g/mol. The lowest BCUT2D eigenvalue weighted by Crippen LogP contribution is -2.44. The van der Waals surface area contributed by atoms with E-state index in [-0.39, 0.29) is 40.6 Å². The molecule has 2 heterocycles. The Labute approximate surface area is 258 Å². The molecule has 1 aliphatic carbocycles. The number of hydrogen-bond donors (Lipinski definition) is 0. The molecule has 8 nitrogen and oxygen atoms in total. The summed E-state index contributed by atoms with van der Waals surface area (Å²) in [7, 11) is -1.20. The number of cyclic esters (lactones) is 1. The molecule has 2 aliphatic heterocycles. The van der Waals surface area contributed by atoms with Crippen LogP contribution in [0, 0.1) is 11.8 Å². The summed E-state index contributed by atoms with van der Waals surface area (Å²) in [5, 5.41) is -0.0420. The molecule has 3 atom stereocenters. The van der Waals surface area contributed by atoms with Gasteiger partial charge in [-0.25, -0.2) is 0 Å². The van der Waals surface area contributed by atoms with Crippen molar-refractivity contribution in [2.75, 3.05) is 27.6 Å². The first kappa shape index (κ1) is 31.6. The van der Waals surface area contributed by atoms with Crippen LogP contribution >= 0.6 is 0 Å². The lowest BCUT2D eigenvalue weighted by molar-refractivity contribution is -0.141. The van der Waals surface area contributed by atoms with Gasteiger partial charge in [0.2, 0.25) is 12.5 Å². The van der Waals surface area contributed by atoms with Crippen LogP contribution < -0.4 is 27.8 Å². The van der Waals surface area contributed by atoms with E-state index >= 15 is 0 Å². The highest BCUT2D eigenvalue weighted by molar-refractivity contribution is 6.75. The van der Waals surface area contributed by atoms with Gasteiger partial charge in [-0.3, -0.25) is 4.79 Å². The first-order chi connectivity index (χ1) is 19.9. The van der Waals surface area contributed by atoms with Crippen molar-refractivity contribution in [2.24, 2.45) is 11.8 Å². The Bertz CT molecular complexity index is 1390. The number of methoxy groups -OCH3 is 2. The highest BCUT2D eigenvalue weighted by atomic mass is 28.4. The molecule has 2 aromatic rings. The molecule has 1 saturated heterocycles. The summed E-state index contributed by atoms with van der Waals surface area (Å²) in [5.41, 5.74) is 2.93. The predicted molar refractivity (Wildman–Crippen MR) is 171 cm³/mol. The molecule has 5 rings (SSSR count). The maximum atomic E-state index is 13.4. The number of hydrogen-bond acceptors (Lipinski definition) is 8. The van der Waals surface area contributed by atoms with Gasteiger partial charge in [-0.2, -0.15) is 0 Å². The molecule has 10 heteroatoms. The minimum absolute atomic E-state index is 0.00714. The number of ether oxygens (including phenoxy) is 5. The van der Waals surface area contributed by atoms with Crippen LogP contribution in [0.3, 0.4) is 0 Å². The molecule has 0 unspecified atom stereocenters. The molecule has 3 aliphatic rings. The molecule has 0 amide bonds. The van der Waals surface area contributed by atoms with Gasteiger partial charge >= 0.3 is 5.97 Å². The third-order valence-corrected chi connectivity index (χ3v) is 19.0. The minimum atomic E-state index is -2.26. The third kappa shape index (κ3) is 5.39. The van der Waals surface area contributed by atoms with Crippen molar-refractivity contribution in [1.29, 1.82) is 0 Å². The monoisotopic (exact) mass is 628 g/mol. The summed E-state index contributed by atoms with van der Waals surface area (Å²) in [6, 6.07) is 6.01. The van der Waals surface area contributed by atoms with E-state index in [1.807, 2.05) is 18.2 Å². The fraction of sp³-hybridized carbons (Fsp3) is 0.606. The zero-order valence-electron chi connectivity index (χ0n) is 27.9. The third-order valence-electron chi connectivity index (χ3n) is 10.3. The van der Waals surface area contributed by atoms with Gasteiger partial charge in [-0.1, -0.05) is 41.5 Å². The number of fused-ring (bicyclic) bond motifs is 3. The van der Waals surface area contributed by atoms with Gasteiger partial charge in [-0.15, -0.1) is 0 Å². The fourth-order valence-electron chi connectivity index (χ4n) is 5.68. The number of carbonyl (C=O) groups is 1. The molecule has 0 bridgehead atoms. The van der Waals surface area contributed by atoms with Gasteiger partial charge in [0.15, 0.2) is 28.7 Å². The molecule has 0 radical (unpaired) electrons. The largest absolute Gasteiger partial charge is 0.541 e. The second-order valence-electron chi connectivity index (χ2n) is 15.1. The van der Waals surface area contributed by atoms with Crippen molar-refractivity contribution in [2.45, 2.75) is 90.1 Å². The van der Waals surface area contributed by atoms with Crippen LogP contribution in [0.25, 0.3) is 0 Å². The van der Waals surface area contributed by atoms with Crippen LogP contribution in [0.5, 0.6) is 34.5 Å². The maximum absolute atomic E-state index is 13.4. The van der Waals surface area contributed by atoms with Gasteiger partial charge in [0.05, 0.1) is 26.7 Å². The Morgan fingerprint density at radius 3 is 1.88 bits per heavy atom. The lowest BCUT2D eigenvalue weighted by Gasteiger charge is -2.40. The smallest absolute Gasteiger partial charge is 0.310 e. The Morgan fingerprint density at radius 1 is 0.791 bits per heavy atom. The van der Waals surface area contributed by atoms with E-state index in [9.17, 15) is 4.79 Å². The van der Waals surface area contributed by atoms with Crippen molar-refractivity contribution < 1.29 is 37.3 Å². The molecule has 2 aromatic carbocycles. The Balaban J connectivity index is 1.71. The second-order valence-corrected chi connectivity index (χ2v) is 24.5. The molecule has 43 heavy (non-hydrogen) atoms. The van der Waals surface area contributed by atoms with Gasteiger partial charge in [-0.05, 0) is 72.0 Å². The van der Waals surface area contributed by atoms with Crippen molar-refractivity contribution in [3.8, 4) is 34.5 Å². The van der Waals surface area contributed by atoms with E-state index in [0.717, 1.165) is 22.4 Å². The summed E-state index contributed by atoms with van der Waals surface area (Å²) in [6.07, 6.45) is 0.656.